The standard InChI is InChI=1S/C23H29ClN2O4/c1-16-9-20(10-17(2)23(16)24)28-14-19(27)13-26-7-5-25(6-8-26)12-18-3-4-21-22(11-18)30-15-29-21/h3-4,9-11,19,27H,5-8,12-15H2,1-2H3/p+2/t19-/m0/s1. The number of aliphatic hydroxyl groups excluding tert-OH is 1. The van der Waals surface area contributed by atoms with Gasteiger partial charge in [-0.3, -0.25) is 0 Å². The molecule has 1 atom stereocenters. The van der Waals surface area contributed by atoms with Gasteiger partial charge in [-0.25, -0.2) is 0 Å². The topological polar surface area (TPSA) is 56.8 Å². The van der Waals surface area contributed by atoms with Gasteiger partial charge in [0.15, 0.2) is 11.5 Å². The molecule has 2 aromatic carbocycles. The molecule has 2 aliphatic heterocycles. The molecule has 0 bridgehead atoms. The molecule has 0 saturated carbocycles. The molecule has 1 saturated heterocycles. The molecule has 0 amide bonds. The maximum Gasteiger partial charge on any atom is 0.231 e. The summed E-state index contributed by atoms with van der Waals surface area (Å²) in [6.07, 6.45) is -0.480. The fourth-order valence-electron chi connectivity index (χ4n) is 4.25. The van der Waals surface area contributed by atoms with Crippen molar-refractivity contribution in [2.75, 3.05) is 46.1 Å². The molecular formula is C23H31ClN2O4+2. The summed E-state index contributed by atoms with van der Waals surface area (Å²) in [5.41, 5.74) is 3.27. The van der Waals surface area contributed by atoms with E-state index in [1.807, 2.05) is 32.0 Å². The molecule has 0 radical (unpaired) electrons. The third kappa shape index (κ3) is 5.19. The second kappa shape index (κ2) is 9.43. The molecular weight excluding hydrogens is 404 g/mol. The first-order chi connectivity index (χ1) is 14.5. The Morgan fingerprint density at radius 2 is 1.67 bits per heavy atom. The van der Waals surface area contributed by atoms with Gasteiger partial charge in [0.25, 0.3) is 0 Å². The number of aliphatic hydroxyl groups is 1. The van der Waals surface area contributed by atoms with Gasteiger partial charge in [-0.1, -0.05) is 11.6 Å². The molecule has 6 nitrogen and oxygen atoms in total. The van der Waals surface area contributed by atoms with Crippen molar-refractivity contribution in [3.05, 3.63) is 52.0 Å². The number of ether oxygens (including phenoxy) is 3. The Labute approximate surface area is 182 Å². The van der Waals surface area contributed by atoms with Gasteiger partial charge in [0.1, 0.15) is 57.7 Å². The molecule has 0 unspecified atom stereocenters. The minimum Gasteiger partial charge on any atom is -0.491 e. The molecule has 162 valence electrons. The highest BCUT2D eigenvalue weighted by Crippen LogP contribution is 2.32. The number of quaternary nitrogens is 2. The molecule has 0 spiro atoms. The van der Waals surface area contributed by atoms with Crippen molar-refractivity contribution in [3.8, 4) is 17.2 Å². The van der Waals surface area contributed by atoms with Crippen LogP contribution in [0.2, 0.25) is 5.02 Å². The van der Waals surface area contributed by atoms with Gasteiger partial charge in [0.2, 0.25) is 6.79 Å². The van der Waals surface area contributed by atoms with Crippen LogP contribution < -0.4 is 24.0 Å². The summed E-state index contributed by atoms with van der Waals surface area (Å²) in [4.78, 5) is 3.00. The molecule has 0 aromatic heterocycles. The van der Waals surface area contributed by atoms with Gasteiger partial charge in [0.05, 0.1) is 0 Å². The number of rotatable bonds is 7. The predicted molar refractivity (Wildman–Crippen MR) is 115 cm³/mol. The zero-order valence-electron chi connectivity index (χ0n) is 17.7. The summed E-state index contributed by atoms with van der Waals surface area (Å²) >= 11 is 6.21. The number of piperazine rings is 1. The quantitative estimate of drug-likeness (QED) is 0.591. The summed E-state index contributed by atoms with van der Waals surface area (Å²) in [5.74, 6) is 2.45. The van der Waals surface area contributed by atoms with Crippen molar-refractivity contribution in [1.82, 2.24) is 0 Å². The van der Waals surface area contributed by atoms with E-state index in [-0.39, 0.29) is 0 Å². The maximum atomic E-state index is 10.4. The Hall–Kier alpha value is -1.99. The monoisotopic (exact) mass is 434 g/mol. The van der Waals surface area contributed by atoms with E-state index < -0.39 is 6.10 Å². The van der Waals surface area contributed by atoms with Crippen LogP contribution in [0.15, 0.2) is 30.3 Å². The summed E-state index contributed by atoms with van der Waals surface area (Å²) in [7, 11) is 0. The molecule has 2 heterocycles. The highest BCUT2D eigenvalue weighted by Gasteiger charge is 2.26. The molecule has 4 rings (SSSR count). The first-order valence-electron chi connectivity index (χ1n) is 10.6. The fraction of sp³-hybridized carbons (Fsp3) is 0.478. The van der Waals surface area contributed by atoms with Crippen LogP contribution in [0, 0.1) is 13.8 Å². The van der Waals surface area contributed by atoms with Crippen molar-refractivity contribution < 1.29 is 29.1 Å². The Balaban J connectivity index is 1.20. The number of hydrogen-bond acceptors (Lipinski definition) is 4. The van der Waals surface area contributed by atoms with E-state index in [0.29, 0.717) is 19.9 Å². The number of aryl methyl sites for hydroxylation is 2. The summed E-state index contributed by atoms with van der Waals surface area (Å²) in [6, 6.07) is 10.1. The van der Waals surface area contributed by atoms with Crippen LogP contribution in [0.1, 0.15) is 16.7 Å². The van der Waals surface area contributed by atoms with Crippen molar-refractivity contribution in [2.24, 2.45) is 0 Å². The van der Waals surface area contributed by atoms with Gasteiger partial charge in [-0.2, -0.15) is 0 Å². The highest BCUT2D eigenvalue weighted by atomic mass is 35.5. The zero-order chi connectivity index (χ0) is 21.1. The molecule has 2 aromatic rings. The lowest BCUT2D eigenvalue weighted by Crippen LogP contribution is -3.28. The van der Waals surface area contributed by atoms with Gasteiger partial charge < -0.3 is 29.1 Å². The minimum atomic E-state index is -0.480. The lowest BCUT2D eigenvalue weighted by atomic mass is 10.1. The van der Waals surface area contributed by atoms with Gasteiger partial charge in [-0.15, -0.1) is 0 Å². The van der Waals surface area contributed by atoms with Crippen molar-refractivity contribution >= 4 is 11.6 Å². The summed E-state index contributed by atoms with van der Waals surface area (Å²) in [6.45, 7) is 10.5. The van der Waals surface area contributed by atoms with Crippen LogP contribution >= 0.6 is 11.6 Å². The van der Waals surface area contributed by atoms with E-state index in [2.05, 4.69) is 12.1 Å². The Bertz CT molecular complexity index is 860. The fourth-order valence-corrected chi connectivity index (χ4v) is 4.36. The van der Waals surface area contributed by atoms with E-state index in [1.54, 1.807) is 4.90 Å². The predicted octanol–water partition coefficient (Wildman–Crippen LogP) is 0.409. The molecule has 3 N–H and O–H groups in total. The first kappa shape index (κ1) is 21.2. The Morgan fingerprint density at radius 3 is 2.40 bits per heavy atom. The molecule has 0 aliphatic carbocycles. The van der Waals surface area contributed by atoms with Crippen LogP contribution in [0.5, 0.6) is 17.2 Å². The van der Waals surface area contributed by atoms with Crippen LogP contribution in [-0.2, 0) is 6.54 Å². The first-order valence-corrected chi connectivity index (χ1v) is 11.0. The van der Waals surface area contributed by atoms with Gasteiger partial charge >= 0.3 is 0 Å². The Morgan fingerprint density at radius 1 is 1.00 bits per heavy atom. The second-order valence-corrected chi connectivity index (χ2v) is 8.78. The third-order valence-corrected chi connectivity index (χ3v) is 6.53. The lowest BCUT2D eigenvalue weighted by molar-refractivity contribution is -1.02. The summed E-state index contributed by atoms with van der Waals surface area (Å²) < 4.78 is 16.7. The number of benzene rings is 2. The number of hydrogen-bond donors (Lipinski definition) is 3. The van der Waals surface area contributed by atoms with E-state index in [4.69, 9.17) is 25.8 Å². The largest absolute Gasteiger partial charge is 0.491 e. The van der Waals surface area contributed by atoms with E-state index in [9.17, 15) is 5.11 Å². The normalized spacial score (nSPS) is 21.5. The van der Waals surface area contributed by atoms with E-state index in [0.717, 1.165) is 66.1 Å². The summed E-state index contributed by atoms with van der Waals surface area (Å²) in [5, 5.41) is 11.2. The number of halogens is 1. The zero-order valence-corrected chi connectivity index (χ0v) is 18.4. The smallest absolute Gasteiger partial charge is 0.231 e. The number of fused-ring (bicyclic) bond motifs is 1. The molecule has 2 aliphatic rings. The Kier molecular flexibility index (Phi) is 6.68. The highest BCUT2D eigenvalue weighted by molar-refractivity contribution is 6.32. The van der Waals surface area contributed by atoms with Gasteiger partial charge in [-0.05, 0) is 55.3 Å². The SMILES string of the molecule is Cc1cc(OC[C@@H](O)C[NH+]2CC[NH+](Cc3ccc4c(c3)OCO4)CC2)cc(C)c1Cl. The van der Waals surface area contributed by atoms with Crippen molar-refractivity contribution in [1.29, 1.82) is 0 Å². The van der Waals surface area contributed by atoms with Crippen LogP contribution in [0.4, 0.5) is 0 Å². The van der Waals surface area contributed by atoms with Crippen LogP contribution in [0.25, 0.3) is 0 Å². The average Bonchev–Trinajstić information content (AvgIpc) is 3.20. The van der Waals surface area contributed by atoms with E-state index >= 15 is 0 Å². The molecule has 7 heteroatoms. The minimum absolute atomic E-state index is 0.303. The number of nitrogens with one attached hydrogen (secondary N) is 2. The van der Waals surface area contributed by atoms with Crippen molar-refractivity contribution in [3.63, 3.8) is 0 Å². The van der Waals surface area contributed by atoms with Gasteiger partial charge in [0, 0.05) is 10.6 Å². The van der Waals surface area contributed by atoms with Crippen LogP contribution in [0.3, 0.4) is 0 Å². The maximum absolute atomic E-state index is 10.4. The molecule has 1 fully saturated rings. The van der Waals surface area contributed by atoms with E-state index in [1.165, 1.54) is 10.5 Å². The third-order valence-electron chi connectivity index (χ3n) is 5.93. The van der Waals surface area contributed by atoms with Crippen molar-refractivity contribution in [2.45, 2.75) is 26.5 Å². The second-order valence-electron chi connectivity index (χ2n) is 8.40. The average molecular weight is 435 g/mol. The van der Waals surface area contributed by atoms with Crippen LogP contribution in [-0.4, -0.2) is 57.3 Å². The molecule has 30 heavy (non-hydrogen) atoms. The lowest BCUT2D eigenvalue weighted by Gasteiger charge is -2.30.